The van der Waals surface area contributed by atoms with Gasteiger partial charge in [0.05, 0.1) is 0 Å². The Balaban J connectivity index is 1.78. The zero-order valence-corrected chi connectivity index (χ0v) is 9.04. The Hall–Kier alpha value is -0.340. The fourth-order valence-corrected chi connectivity index (χ4v) is 2.86. The van der Waals surface area contributed by atoms with Gasteiger partial charge in [-0.05, 0) is 38.8 Å². The van der Waals surface area contributed by atoms with Crippen LogP contribution in [0.15, 0.2) is 12.7 Å². The third-order valence-electron chi connectivity index (χ3n) is 3.61. The lowest BCUT2D eigenvalue weighted by atomic mass is 9.99. The van der Waals surface area contributed by atoms with E-state index in [-0.39, 0.29) is 0 Å². The lowest BCUT2D eigenvalue weighted by molar-refractivity contribution is 0.181. The predicted molar refractivity (Wildman–Crippen MR) is 60.4 cm³/mol. The molecule has 2 heteroatoms. The van der Waals surface area contributed by atoms with Crippen molar-refractivity contribution in [2.24, 2.45) is 0 Å². The molecule has 2 aliphatic heterocycles. The molecule has 2 fully saturated rings. The smallest absolute Gasteiger partial charge is 0.0249 e. The van der Waals surface area contributed by atoms with Crippen LogP contribution >= 0.6 is 0 Å². The fourth-order valence-electron chi connectivity index (χ4n) is 2.86. The average molecular weight is 194 g/mol. The maximum absolute atomic E-state index is 3.76. The molecule has 0 spiro atoms. The van der Waals surface area contributed by atoms with Gasteiger partial charge in [0.1, 0.15) is 0 Å². The highest BCUT2D eigenvalue weighted by molar-refractivity contribution is 4.94. The van der Waals surface area contributed by atoms with Crippen molar-refractivity contribution in [3.8, 4) is 0 Å². The Labute approximate surface area is 87.4 Å². The minimum absolute atomic E-state index is 0.759. The minimum atomic E-state index is 0.759. The summed E-state index contributed by atoms with van der Waals surface area (Å²) in [5.74, 6) is 0. The summed E-state index contributed by atoms with van der Waals surface area (Å²) < 4.78 is 0. The van der Waals surface area contributed by atoms with Gasteiger partial charge in [0.25, 0.3) is 0 Å². The Bertz CT molecular complexity index is 191. The standard InChI is InChI=1S/C12H22N2/c1-2-3-8-13-11-7-10-14-9-5-4-6-12(11)14/h2,11-13H,1,3-10H2. The summed E-state index contributed by atoms with van der Waals surface area (Å²) in [6, 6.07) is 1.60. The van der Waals surface area contributed by atoms with E-state index in [2.05, 4.69) is 16.8 Å². The van der Waals surface area contributed by atoms with Gasteiger partial charge in [0.15, 0.2) is 0 Å². The minimum Gasteiger partial charge on any atom is -0.312 e. The van der Waals surface area contributed by atoms with E-state index in [1.54, 1.807) is 0 Å². The van der Waals surface area contributed by atoms with E-state index in [9.17, 15) is 0 Å². The van der Waals surface area contributed by atoms with Crippen molar-refractivity contribution >= 4 is 0 Å². The maximum atomic E-state index is 3.76. The molecule has 2 aliphatic rings. The third-order valence-corrected chi connectivity index (χ3v) is 3.61. The molecule has 0 radical (unpaired) electrons. The Morgan fingerprint density at radius 2 is 2.21 bits per heavy atom. The van der Waals surface area contributed by atoms with Gasteiger partial charge in [-0.1, -0.05) is 12.5 Å². The van der Waals surface area contributed by atoms with Gasteiger partial charge in [-0.3, -0.25) is 4.90 Å². The lowest BCUT2D eigenvalue weighted by Crippen LogP contribution is -2.45. The van der Waals surface area contributed by atoms with Crippen LogP contribution in [0.5, 0.6) is 0 Å². The van der Waals surface area contributed by atoms with Crippen molar-refractivity contribution < 1.29 is 0 Å². The van der Waals surface area contributed by atoms with Gasteiger partial charge in [-0.25, -0.2) is 0 Å². The van der Waals surface area contributed by atoms with Crippen molar-refractivity contribution in [1.82, 2.24) is 10.2 Å². The molecule has 80 valence electrons. The SMILES string of the molecule is C=CCCNC1CCN2CCCCC12. The van der Waals surface area contributed by atoms with Gasteiger partial charge >= 0.3 is 0 Å². The molecule has 0 aromatic rings. The second-order valence-electron chi connectivity index (χ2n) is 4.53. The van der Waals surface area contributed by atoms with Crippen LogP contribution in [0, 0.1) is 0 Å². The van der Waals surface area contributed by atoms with E-state index in [1.807, 2.05) is 6.08 Å². The molecule has 2 unspecified atom stereocenters. The molecule has 0 amide bonds. The second-order valence-corrected chi connectivity index (χ2v) is 4.53. The van der Waals surface area contributed by atoms with Gasteiger partial charge < -0.3 is 5.32 Å². The summed E-state index contributed by atoms with van der Waals surface area (Å²) in [5.41, 5.74) is 0. The first-order valence-corrected chi connectivity index (χ1v) is 6.00. The average Bonchev–Trinajstić information content (AvgIpc) is 2.63. The van der Waals surface area contributed by atoms with Crippen molar-refractivity contribution in [3.05, 3.63) is 12.7 Å². The first-order chi connectivity index (χ1) is 6.92. The van der Waals surface area contributed by atoms with Gasteiger partial charge in [-0.15, -0.1) is 6.58 Å². The van der Waals surface area contributed by atoms with Gasteiger partial charge in [-0.2, -0.15) is 0 Å². The maximum Gasteiger partial charge on any atom is 0.0249 e. The largest absolute Gasteiger partial charge is 0.312 e. The zero-order chi connectivity index (χ0) is 9.80. The van der Waals surface area contributed by atoms with E-state index in [1.165, 1.54) is 38.8 Å². The summed E-state index contributed by atoms with van der Waals surface area (Å²) >= 11 is 0. The van der Waals surface area contributed by atoms with Crippen molar-refractivity contribution in [3.63, 3.8) is 0 Å². The molecule has 0 aliphatic carbocycles. The molecule has 0 aromatic carbocycles. The Morgan fingerprint density at radius 3 is 3.07 bits per heavy atom. The van der Waals surface area contributed by atoms with E-state index in [0.717, 1.165) is 25.0 Å². The van der Waals surface area contributed by atoms with E-state index in [4.69, 9.17) is 0 Å². The predicted octanol–water partition coefficient (Wildman–Crippen LogP) is 1.78. The van der Waals surface area contributed by atoms with Gasteiger partial charge in [0, 0.05) is 18.6 Å². The van der Waals surface area contributed by atoms with E-state index in [0.29, 0.717) is 0 Å². The molecule has 0 saturated carbocycles. The summed E-state index contributed by atoms with van der Waals surface area (Å²) in [7, 11) is 0. The molecular weight excluding hydrogens is 172 g/mol. The molecule has 2 nitrogen and oxygen atoms in total. The summed E-state index contributed by atoms with van der Waals surface area (Å²) in [6.07, 6.45) is 8.70. The van der Waals surface area contributed by atoms with Crippen LogP contribution in [-0.2, 0) is 0 Å². The summed E-state index contributed by atoms with van der Waals surface area (Å²) in [5, 5.41) is 3.67. The molecule has 2 rings (SSSR count). The van der Waals surface area contributed by atoms with Crippen LogP contribution in [0.3, 0.4) is 0 Å². The monoisotopic (exact) mass is 194 g/mol. The molecule has 14 heavy (non-hydrogen) atoms. The summed E-state index contributed by atoms with van der Waals surface area (Å²) in [4.78, 5) is 2.68. The first kappa shape index (κ1) is 10.2. The number of fused-ring (bicyclic) bond motifs is 1. The highest BCUT2D eigenvalue weighted by Crippen LogP contribution is 2.26. The number of piperidine rings is 1. The number of hydrogen-bond donors (Lipinski definition) is 1. The second kappa shape index (κ2) is 4.94. The van der Waals surface area contributed by atoms with Crippen LogP contribution in [-0.4, -0.2) is 36.6 Å². The van der Waals surface area contributed by atoms with Crippen molar-refractivity contribution in [1.29, 1.82) is 0 Å². The van der Waals surface area contributed by atoms with Crippen molar-refractivity contribution in [2.45, 2.75) is 44.2 Å². The van der Waals surface area contributed by atoms with Crippen LogP contribution in [0.25, 0.3) is 0 Å². The van der Waals surface area contributed by atoms with Crippen LogP contribution in [0.1, 0.15) is 32.1 Å². The normalized spacial score (nSPS) is 32.9. The quantitative estimate of drug-likeness (QED) is 0.542. The first-order valence-electron chi connectivity index (χ1n) is 6.00. The Morgan fingerprint density at radius 1 is 1.29 bits per heavy atom. The van der Waals surface area contributed by atoms with E-state index < -0.39 is 0 Å². The molecule has 2 heterocycles. The highest BCUT2D eigenvalue weighted by atomic mass is 15.2. The highest BCUT2D eigenvalue weighted by Gasteiger charge is 2.34. The molecule has 0 aromatic heterocycles. The lowest BCUT2D eigenvalue weighted by Gasteiger charge is -2.32. The fraction of sp³-hybridized carbons (Fsp3) is 0.833. The number of hydrogen-bond acceptors (Lipinski definition) is 2. The van der Waals surface area contributed by atoms with Crippen LogP contribution in [0.2, 0.25) is 0 Å². The Kier molecular flexibility index (Phi) is 3.60. The topological polar surface area (TPSA) is 15.3 Å². The molecule has 2 saturated heterocycles. The molecular formula is C12H22N2. The molecule has 2 atom stereocenters. The van der Waals surface area contributed by atoms with Crippen molar-refractivity contribution in [2.75, 3.05) is 19.6 Å². The van der Waals surface area contributed by atoms with E-state index >= 15 is 0 Å². The number of nitrogens with one attached hydrogen (secondary N) is 1. The molecule has 1 N–H and O–H groups in total. The third kappa shape index (κ3) is 2.18. The number of rotatable bonds is 4. The van der Waals surface area contributed by atoms with Gasteiger partial charge in [0.2, 0.25) is 0 Å². The van der Waals surface area contributed by atoms with Crippen LogP contribution in [0.4, 0.5) is 0 Å². The van der Waals surface area contributed by atoms with Crippen LogP contribution < -0.4 is 5.32 Å². The molecule has 0 bridgehead atoms. The zero-order valence-electron chi connectivity index (χ0n) is 9.04. The summed E-state index contributed by atoms with van der Waals surface area (Å²) in [6.45, 7) is 7.52. The number of nitrogens with zero attached hydrogens (tertiary/aromatic N) is 1.